The summed E-state index contributed by atoms with van der Waals surface area (Å²) in [4.78, 5) is 13.1. The molecule has 0 amide bonds. The summed E-state index contributed by atoms with van der Waals surface area (Å²) in [6.07, 6.45) is 4.75. The molecule has 2 aromatic carbocycles. The van der Waals surface area contributed by atoms with E-state index in [1.165, 1.54) is 6.33 Å². The third-order valence-electron chi connectivity index (χ3n) is 5.71. The van der Waals surface area contributed by atoms with E-state index in [1.54, 1.807) is 12.4 Å². The topological polar surface area (TPSA) is 91.9 Å². The molecule has 164 valence electrons. The summed E-state index contributed by atoms with van der Waals surface area (Å²) >= 11 is 0. The predicted molar refractivity (Wildman–Crippen MR) is 122 cm³/mol. The number of aromatic nitrogens is 2. The van der Waals surface area contributed by atoms with Gasteiger partial charge in [-0.2, -0.15) is 0 Å². The van der Waals surface area contributed by atoms with Gasteiger partial charge in [0.25, 0.3) is 6.02 Å². The smallest absolute Gasteiger partial charge is 0.283 e. The zero-order valence-corrected chi connectivity index (χ0v) is 18.6. The molecule has 2 aliphatic heterocycles. The number of rotatable bonds is 3. The van der Waals surface area contributed by atoms with E-state index in [0.29, 0.717) is 12.4 Å². The van der Waals surface area contributed by atoms with E-state index in [1.807, 2.05) is 37.3 Å². The Morgan fingerprint density at radius 2 is 1.69 bits per heavy atom. The Labute approximate surface area is 187 Å². The van der Waals surface area contributed by atoms with Gasteiger partial charge in [-0.3, -0.25) is 0 Å². The molecule has 1 spiro atoms. The van der Waals surface area contributed by atoms with Gasteiger partial charge in [-0.15, -0.1) is 0 Å². The van der Waals surface area contributed by atoms with Crippen LogP contribution in [0.2, 0.25) is 0 Å². The SMILES string of the molecule is CC1OC(N)=N[C@]12c1cc(OCC(C)(C)C)ccc1Oc1ccc(-c3cncnc3)cc12. The molecular formula is C25H26N4O3. The van der Waals surface area contributed by atoms with Gasteiger partial charge in [0.05, 0.1) is 6.61 Å². The number of nitrogens with zero attached hydrogens (tertiary/aromatic N) is 3. The summed E-state index contributed by atoms with van der Waals surface area (Å²) in [5.41, 5.74) is 8.89. The van der Waals surface area contributed by atoms with Gasteiger partial charge >= 0.3 is 0 Å². The fourth-order valence-corrected chi connectivity index (χ4v) is 4.21. The van der Waals surface area contributed by atoms with E-state index in [-0.39, 0.29) is 17.5 Å². The monoisotopic (exact) mass is 430 g/mol. The highest BCUT2D eigenvalue weighted by molar-refractivity contribution is 5.78. The molecule has 0 aliphatic carbocycles. The fourth-order valence-electron chi connectivity index (χ4n) is 4.21. The number of benzene rings is 2. The van der Waals surface area contributed by atoms with Gasteiger partial charge < -0.3 is 19.9 Å². The van der Waals surface area contributed by atoms with Crippen LogP contribution in [0.3, 0.4) is 0 Å². The first-order valence-corrected chi connectivity index (χ1v) is 10.6. The van der Waals surface area contributed by atoms with Crippen molar-refractivity contribution in [3.63, 3.8) is 0 Å². The Bertz CT molecular complexity index is 1200. The fraction of sp³-hybridized carbons (Fsp3) is 0.320. The lowest BCUT2D eigenvalue weighted by Gasteiger charge is -2.37. The Hall–Kier alpha value is -3.61. The second-order valence-electron chi connectivity index (χ2n) is 9.42. The Kier molecular flexibility index (Phi) is 4.58. The van der Waals surface area contributed by atoms with Crippen molar-refractivity contribution < 1.29 is 14.2 Å². The Morgan fingerprint density at radius 1 is 1.00 bits per heavy atom. The number of amidine groups is 1. The lowest BCUT2D eigenvalue weighted by molar-refractivity contribution is 0.165. The summed E-state index contributed by atoms with van der Waals surface area (Å²) in [6, 6.07) is 12.0. The van der Waals surface area contributed by atoms with Crippen LogP contribution in [0.1, 0.15) is 38.8 Å². The molecule has 0 saturated carbocycles. The molecule has 32 heavy (non-hydrogen) atoms. The third-order valence-corrected chi connectivity index (χ3v) is 5.71. The highest BCUT2D eigenvalue weighted by Crippen LogP contribution is 2.54. The first-order chi connectivity index (χ1) is 15.3. The Balaban J connectivity index is 1.66. The first-order valence-electron chi connectivity index (χ1n) is 10.6. The number of hydrogen-bond donors (Lipinski definition) is 1. The normalized spacial score (nSPS) is 21.2. The molecule has 0 radical (unpaired) electrons. The molecule has 2 atom stereocenters. The van der Waals surface area contributed by atoms with Gasteiger partial charge in [0.15, 0.2) is 5.54 Å². The van der Waals surface area contributed by atoms with Gasteiger partial charge in [0.1, 0.15) is 29.7 Å². The van der Waals surface area contributed by atoms with Gasteiger partial charge in [-0.25, -0.2) is 15.0 Å². The summed E-state index contributed by atoms with van der Waals surface area (Å²) in [5.74, 6) is 2.19. The molecule has 7 nitrogen and oxygen atoms in total. The number of nitrogens with two attached hydrogens (primary N) is 1. The summed E-state index contributed by atoms with van der Waals surface area (Å²) in [7, 11) is 0. The quantitative estimate of drug-likeness (QED) is 0.650. The second-order valence-corrected chi connectivity index (χ2v) is 9.42. The van der Waals surface area contributed by atoms with Crippen LogP contribution in [-0.2, 0) is 10.3 Å². The van der Waals surface area contributed by atoms with E-state index in [4.69, 9.17) is 24.9 Å². The molecule has 1 unspecified atom stereocenters. The van der Waals surface area contributed by atoms with E-state index >= 15 is 0 Å². The molecule has 1 aromatic heterocycles. The second kappa shape index (κ2) is 7.22. The van der Waals surface area contributed by atoms with Gasteiger partial charge in [-0.1, -0.05) is 26.8 Å². The van der Waals surface area contributed by atoms with Crippen molar-refractivity contribution >= 4 is 6.02 Å². The van der Waals surface area contributed by atoms with Crippen molar-refractivity contribution in [2.24, 2.45) is 16.1 Å². The van der Waals surface area contributed by atoms with Crippen molar-refractivity contribution in [1.29, 1.82) is 0 Å². The van der Waals surface area contributed by atoms with Crippen LogP contribution < -0.4 is 15.2 Å². The molecule has 0 bridgehead atoms. The maximum atomic E-state index is 6.29. The summed E-state index contributed by atoms with van der Waals surface area (Å²) < 4.78 is 18.3. The summed E-state index contributed by atoms with van der Waals surface area (Å²) in [5, 5.41) is 0. The molecule has 3 aromatic rings. The summed E-state index contributed by atoms with van der Waals surface area (Å²) in [6.45, 7) is 8.98. The molecule has 2 aliphatic rings. The lowest BCUT2D eigenvalue weighted by Crippen LogP contribution is -2.37. The van der Waals surface area contributed by atoms with Crippen LogP contribution in [0, 0.1) is 5.41 Å². The molecule has 0 saturated heterocycles. The first kappa shape index (κ1) is 20.3. The number of fused-ring (bicyclic) bond motifs is 4. The maximum absolute atomic E-state index is 6.29. The largest absolute Gasteiger partial charge is 0.493 e. The third kappa shape index (κ3) is 3.34. The van der Waals surface area contributed by atoms with Crippen LogP contribution in [0.25, 0.3) is 11.1 Å². The minimum Gasteiger partial charge on any atom is -0.493 e. The van der Waals surface area contributed by atoms with E-state index in [9.17, 15) is 0 Å². The van der Waals surface area contributed by atoms with Crippen molar-refractivity contribution in [3.05, 3.63) is 66.2 Å². The molecular weight excluding hydrogens is 404 g/mol. The molecule has 7 heteroatoms. The van der Waals surface area contributed by atoms with E-state index in [0.717, 1.165) is 33.8 Å². The van der Waals surface area contributed by atoms with Crippen molar-refractivity contribution in [2.45, 2.75) is 39.3 Å². The number of aliphatic imine (C=N–C) groups is 1. The molecule has 0 fully saturated rings. The highest BCUT2D eigenvalue weighted by atomic mass is 16.5. The number of ether oxygens (including phenoxy) is 3. The maximum Gasteiger partial charge on any atom is 0.283 e. The van der Waals surface area contributed by atoms with Crippen LogP contribution in [-0.4, -0.2) is 28.7 Å². The van der Waals surface area contributed by atoms with Crippen LogP contribution in [0.5, 0.6) is 17.2 Å². The zero-order valence-electron chi connectivity index (χ0n) is 18.6. The molecule has 3 heterocycles. The van der Waals surface area contributed by atoms with Crippen LogP contribution in [0.4, 0.5) is 0 Å². The molecule has 2 N–H and O–H groups in total. The van der Waals surface area contributed by atoms with E-state index in [2.05, 4.69) is 36.8 Å². The number of hydrogen-bond acceptors (Lipinski definition) is 7. The van der Waals surface area contributed by atoms with E-state index < -0.39 is 5.54 Å². The van der Waals surface area contributed by atoms with Gasteiger partial charge in [0, 0.05) is 29.1 Å². The van der Waals surface area contributed by atoms with Gasteiger partial charge in [0.2, 0.25) is 0 Å². The average molecular weight is 431 g/mol. The Morgan fingerprint density at radius 3 is 2.34 bits per heavy atom. The van der Waals surface area contributed by atoms with Crippen LogP contribution in [0.15, 0.2) is 60.1 Å². The standard InChI is InChI=1S/C25H26N4O3/c1-15-25(29-23(26)31-15)19-9-16(17-11-27-14-28-12-17)5-7-21(19)32-22-8-6-18(10-20(22)25)30-13-24(2,3)4/h5-12,14-15H,13H2,1-4H3,(H2,26,29)/t15?,25-/m1/s1. The lowest BCUT2D eigenvalue weighted by atomic mass is 9.76. The van der Waals surface area contributed by atoms with Crippen molar-refractivity contribution in [3.8, 4) is 28.4 Å². The van der Waals surface area contributed by atoms with Crippen molar-refractivity contribution in [1.82, 2.24) is 9.97 Å². The minimum absolute atomic E-state index is 0.0374. The highest BCUT2D eigenvalue weighted by Gasteiger charge is 2.52. The van der Waals surface area contributed by atoms with Gasteiger partial charge in [-0.05, 0) is 48.2 Å². The minimum atomic E-state index is -0.847. The predicted octanol–water partition coefficient (Wildman–Crippen LogP) is 4.65. The average Bonchev–Trinajstić information content (AvgIpc) is 3.07. The zero-order chi connectivity index (χ0) is 22.5. The van der Waals surface area contributed by atoms with Crippen molar-refractivity contribution in [2.75, 3.05) is 6.61 Å². The molecule has 5 rings (SSSR count). The van der Waals surface area contributed by atoms with Crippen LogP contribution >= 0.6 is 0 Å².